The number of halogens is 3. The van der Waals surface area contributed by atoms with Crippen LogP contribution in [-0.2, 0) is 10.2 Å². The van der Waals surface area contributed by atoms with Crippen LogP contribution in [0.3, 0.4) is 0 Å². The van der Waals surface area contributed by atoms with Crippen molar-refractivity contribution in [3.05, 3.63) is 40.2 Å². The molecule has 0 aliphatic carbocycles. The Balaban J connectivity index is 2.07. The highest BCUT2D eigenvalue weighted by Gasteiger charge is 2.32. The minimum absolute atomic E-state index is 0.234. The number of carboxylic acid groups (broad SMARTS) is 1. The van der Waals surface area contributed by atoms with Crippen molar-refractivity contribution in [2.75, 3.05) is 6.54 Å². The van der Waals surface area contributed by atoms with Crippen molar-refractivity contribution in [1.82, 2.24) is 10.3 Å². The summed E-state index contributed by atoms with van der Waals surface area (Å²) in [6.07, 6.45) is -5.40. The summed E-state index contributed by atoms with van der Waals surface area (Å²) in [6.45, 7) is 2.64. The van der Waals surface area contributed by atoms with Crippen molar-refractivity contribution in [2.24, 2.45) is 0 Å². The van der Waals surface area contributed by atoms with E-state index in [9.17, 15) is 27.9 Å². The van der Waals surface area contributed by atoms with E-state index in [0.717, 1.165) is 0 Å². The molecule has 0 aliphatic rings. The largest absolute Gasteiger partial charge is 0.481 e. The maximum atomic E-state index is 12.1. The zero-order valence-electron chi connectivity index (χ0n) is 14.1. The second kappa shape index (κ2) is 7.45. The third-order valence-corrected chi connectivity index (χ3v) is 4.88. The molecular formula is C17H17F3N2O3S. The van der Waals surface area contributed by atoms with E-state index in [1.54, 1.807) is 31.4 Å². The van der Waals surface area contributed by atoms with Crippen molar-refractivity contribution in [3.8, 4) is 11.3 Å². The first kappa shape index (κ1) is 19.9. The highest BCUT2D eigenvalue weighted by atomic mass is 32.1. The number of nitrogens with zero attached hydrogens (tertiary/aromatic N) is 1. The van der Waals surface area contributed by atoms with Crippen LogP contribution in [0, 0.1) is 0 Å². The SMILES string of the molecule is CC(C)(C(=O)O)c1nc(-c2ccc(C(=O)NCCC(F)(F)F)cc2)cs1. The van der Waals surface area contributed by atoms with E-state index in [1.165, 1.54) is 23.5 Å². The van der Waals surface area contributed by atoms with E-state index in [-0.39, 0.29) is 5.56 Å². The number of benzene rings is 1. The molecule has 0 aliphatic heterocycles. The van der Waals surface area contributed by atoms with Gasteiger partial charge in [-0.1, -0.05) is 12.1 Å². The fourth-order valence-electron chi connectivity index (χ4n) is 2.00. The number of rotatable bonds is 6. The predicted octanol–water partition coefficient (Wildman–Crippen LogP) is 3.85. The van der Waals surface area contributed by atoms with Crippen LogP contribution in [0.1, 0.15) is 35.6 Å². The van der Waals surface area contributed by atoms with Crippen molar-refractivity contribution in [3.63, 3.8) is 0 Å². The van der Waals surface area contributed by atoms with E-state index >= 15 is 0 Å². The van der Waals surface area contributed by atoms with E-state index in [0.29, 0.717) is 16.3 Å². The number of hydrogen-bond donors (Lipinski definition) is 2. The topological polar surface area (TPSA) is 79.3 Å². The molecule has 0 radical (unpaired) electrons. The standard InChI is InChI=1S/C17H17F3N2O3S/c1-16(2,15(24)25)14-22-12(9-26-14)10-3-5-11(6-4-10)13(23)21-8-7-17(18,19)20/h3-6,9H,7-8H2,1-2H3,(H,21,23)(H,24,25). The lowest BCUT2D eigenvalue weighted by molar-refractivity contribution is -0.142. The van der Waals surface area contributed by atoms with Gasteiger partial charge in [0.15, 0.2) is 0 Å². The number of carbonyl (C=O) groups excluding carboxylic acids is 1. The van der Waals surface area contributed by atoms with Gasteiger partial charge in [0.05, 0.1) is 12.1 Å². The van der Waals surface area contributed by atoms with Crippen LogP contribution in [-0.4, -0.2) is 34.7 Å². The molecule has 0 saturated heterocycles. The van der Waals surface area contributed by atoms with E-state index < -0.39 is 36.4 Å². The second-order valence-corrected chi connectivity index (χ2v) is 7.02. The van der Waals surface area contributed by atoms with Gasteiger partial charge in [-0.25, -0.2) is 4.98 Å². The minimum Gasteiger partial charge on any atom is -0.481 e. The summed E-state index contributed by atoms with van der Waals surface area (Å²) < 4.78 is 36.3. The molecule has 0 unspecified atom stereocenters. The normalized spacial score (nSPS) is 12.0. The average Bonchev–Trinajstić information content (AvgIpc) is 3.04. The summed E-state index contributed by atoms with van der Waals surface area (Å²) in [5.41, 5.74) is 0.377. The molecule has 0 bridgehead atoms. The summed E-state index contributed by atoms with van der Waals surface area (Å²) >= 11 is 1.23. The first-order chi connectivity index (χ1) is 12.0. The quantitative estimate of drug-likeness (QED) is 0.790. The van der Waals surface area contributed by atoms with Crippen molar-refractivity contribution in [2.45, 2.75) is 31.9 Å². The highest BCUT2D eigenvalue weighted by molar-refractivity contribution is 7.10. The van der Waals surface area contributed by atoms with Gasteiger partial charge in [0.25, 0.3) is 5.91 Å². The fraction of sp³-hybridized carbons (Fsp3) is 0.353. The molecule has 0 atom stereocenters. The van der Waals surface area contributed by atoms with Crippen molar-refractivity contribution in [1.29, 1.82) is 0 Å². The van der Waals surface area contributed by atoms with Gasteiger partial charge in [0, 0.05) is 23.1 Å². The molecular weight excluding hydrogens is 369 g/mol. The zero-order valence-corrected chi connectivity index (χ0v) is 14.9. The molecule has 9 heteroatoms. The highest BCUT2D eigenvalue weighted by Crippen LogP contribution is 2.30. The van der Waals surface area contributed by atoms with Crippen LogP contribution in [0.2, 0.25) is 0 Å². The number of aliphatic carboxylic acids is 1. The number of aromatic nitrogens is 1. The summed E-state index contributed by atoms with van der Waals surface area (Å²) in [5, 5.41) is 13.6. The lowest BCUT2D eigenvalue weighted by Gasteiger charge is -2.15. The lowest BCUT2D eigenvalue weighted by Crippen LogP contribution is -2.28. The first-order valence-electron chi connectivity index (χ1n) is 7.65. The molecule has 26 heavy (non-hydrogen) atoms. The molecule has 2 N–H and O–H groups in total. The van der Waals surface area contributed by atoms with E-state index in [1.807, 2.05) is 0 Å². The molecule has 2 rings (SSSR count). The number of thiazole rings is 1. The fourth-order valence-corrected chi connectivity index (χ4v) is 2.94. The zero-order chi connectivity index (χ0) is 19.5. The van der Waals surface area contributed by atoms with Crippen LogP contribution in [0.5, 0.6) is 0 Å². The Morgan fingerprint density at radius 3 is 2.35 bits per heavy atom. The van der Waals surface area contributed by atoms with Crippen LogP contribution >= 0.6 is 11.3 Å². The molecule has 5 nitrogen and oxygen atoms in total. The smallest absolute Gasteiger partial charge is 0.390 e. The lowest BCUT2D eigenvalue weighted by atomic mass is 9.95. The summed E-state index contributed by atoms with van der Waals surface area (Å²) in [5.74, 6) is -1.57. The Bertz CT molecular complexity index is 798. The number of carboxylic acids is 1. The molecule has 0 saturated carbocycles. The van der Waals surface area contributed by atoms with Crippen molar-refractivity contribution < 1.29 is 27.9 Å². The van der Waals surface area contributed by atoms with E-state index in [4.69, 9.17) is 0 Å². The van der Waals surface area contributed by atoms with Gasteiger partial charge in [0.2, 0.25) is 0 Å². The Kier molecular flexibility index (Phi) is 5.70. The Morgan fingerprint density at radius 1 is 1.19 bits per heavy atom. The first-order valence-corrected chi connectivity index (χ1v) is 8.53. The third-order valence-electron chi connectivity index (χ3n) is 3.71. The molecule has 1 aromatic carbocycles. The summed E-state index contributed by atoms with van der Waals surface area (Å²) in [6, 6.07) is 6.20. The minimum atomic E-state index is -4.32. The van der Waals surface area contributed by atoms with Crippen LogP contribution in [0.4, 0.5) is 13.2 Å². The van der Waals surface area contributed by atoms with Gasteiger partial charge >= 0.3 is 12.1 Å². The van der Waals surface area contributed by atoms with Gasteiger partial charge in [-0.15, -0.1) is 11.3 Å². The second-order valence-electron chi connectivity index (χ2n) is 6.17. The number of alkyl halides is 3. The summed E-state index contributed by atoms with van der Waals surface area (Å²) in [7, 11) is 0. The van der Waals surface area contributed by atoms with E-state index in [2.05, 4.69) is 10.3 Å². The van der Waals surface area contributed by atoms with Crippen LogP contribution in [0.25, 0.3) is 11.3 Å². The molecule has 1 amide bonds. The third kappa shape index (κ3) is 4.81. The number of hydrogen-bond acceptors (Lipinski definition) is 4. The molecule has 0 spiro atoms. The maximum Gasteiger partial charge on any atom is 0.390 e. The van der Waals surface area contributed by atoms with Gasteiger partial charge in [0.1, 0.15) is 10.4 Å². The van der Waals surface area contributed by atoms with Gasteiger partial charge in [-0.2, -0.15) is 13.2 Å². The van der Waals surface area contributed by atoms with Gasteiger partial charge < -0.3 is 10.4 Å². The van der Waals surface area contributed by atoms with Crippen LogP contribution in [0.15, 0.2) is 29.6 Å². The monoisotopic (exact) mass is 386 g/mol. The Hall–Kier alpha value is -2.42. The Morgan fingerprint density at radius 2 is 1.81 bits per heavy atom. The van der Waals surface area contributed by atoms with Gasteiger partial charge in [-0.3, -0.25) is 9.59 Å². The predicted molar refractivity (Wildman–Crippen MR) is 91.2 cm³/mol. The van der Waals surface area contributed by atoms with Crippen molar-refractivity contribution >= 4 is 23.2 Å². The average molecular weight is 386 g/mol. The van der Waals surface area contributed by atoms with Gasteiger partial charge in [-0.05, 0) is 26.0 Å². The Labute approximate surface area is 151 Å². The number of carbonyl (C=O) groups is 2. The number of amides is 1. The molecule has 1 heterocycles. The number of nitrogens with one attached hydrogen (secondary N) is 1. The molecule has 140 valence electrons. The summed E-state index contributed by atoms with van der Waals surface area (Å²) in [4.78, 5) is 27.5. The van der Waals surface area contributed by atoms with Crippen LogP contribution < -0.4 is 5.32 Å². The molecule has 0 fully saturated rings. The molecule has 1 aromatic heterocycles. The molecule has 2 aromatic rings. The maximum absolute atomic E-state index is 12.1.